The highest BCUT2D eigenvalue weighted by Gasteiger charge is 2.18. The number of hydrogen-bond donors (Lipinski definition) is 0. The molecule has 2 heterocycles. The van der Waals surface area contributed by atoms with Gasteiger partial charge in [0.05, 0.1) is 21.8 Å². The summed E-state index contributed by atoms with van der Waals surface area (Å²) in [4.78, 5) is 34.1. The van der Waals surface area contributed by atoms with E-state index in [2.05, 4.69) is 23.8 Å². The second-order valence-corrected chi connectivity index (χ2v) is 8.04. The van der Waals surface area contributed by atoms with Crippen LogP contribution in [0.5, 0.6) is 0 Å². The third-order valence-corrected chi connectivity index (χ3v) is 5.43. The molecule has 6 heteroatoms. The number of fused-ring (bicyclic) bond motifs is 2. The van der Waals surface area contributed by atoms with Crippen molar-refractivity contribution in [2.75, 3.05) is 0 Å². The fraction of sp³-hybridized carbons (Fsp3) is 0.360. The number of aryl methyl sites for hydroxylation is 2. The molecule has 0 aliphatic heterocycles. The minimum Gasteiger partial charge on any atom is -0.408 e. The molecule has 0 saturated carbocycles. The van der Waals surface area contributed by atoms with Crippen molar-refractivity contribution < 1.29 is 8.83 Å². The van der Waals surface area contributed by atoms with E-state index < -0.39 is 11.3 Å². The summed E-state index contributed by atoms with van der Waals surface area (Å²) in [6, 6.07) is 11.4. The van der Waals surface area contributed by atoms with E-state index in [0.29, 0.717) is 40.0 Å². The Morgan fingerprint density at radius 1 is 0.806 bits per heavy atom. The maximum Gasteiger partial charge on any atom is 0.346 e. The Morgan fingerprint density at radius 2 is 1.35 bits per heavy atom. The van der Waals surface area contributed by atoms with Crippen LogP contribution >= 0.6 is 0 Å². The second-order valence-electron chi connectivity index (χ2n) is 8.04. The number of nitrogens with zero attached hydrogens (tertiary/aromatic N) is 2. The van der Waals surface area contributed by atoms with E-state index in [9.17, 15) is 9.59 Å². The number of hydrogen-bond acceptors (Lipinski definition) is 6. The predicted octanol–water partition coefficient (Wildman–Crippen LogP) is 4.94. The predicted molar refractivity (Wildman–Crippen MR) is 121 cm³/mol. The van der Waals surface area contributed by atoms with Crippen LogP contribution in [0.25, 0.3) is 21.8 Å². The van der Waals surface area contributed by atoms with Crippen molar-refractivity contribution in [2.24, 2.45) is 0 Å². The molecule has 1 atom stereocenters. The van der Waals surface area contributed by atoms with Gasteiger partial charge in [0.25, 0.3) is 0 Å². The van der Waals surface area contributed by atoms with Crippen molar-refractivity contribution in [3.8, 4) is 0 Å². The van der Waals surface area contributed by atoms with Crippen LogP contribution in [0.1, 0.15) is 62.4 Å². The highest BCUT2D eigenvalue weighted by atomic mass is 16.4. The van der Waals surface area contributed by atoms with Crippen LogP contribution in [0.3, 0.4) is 0 Å². The lowest BCUT2D eigenvalue weighted by molar-refractivity contribution is 0.380. The minimum absolute atomic E-state index is 0.278. The van der Waals surface area contributed by atoms with Gasteiger partial charge in [0.15, 0.2) is 5.89 Å². The topological polar surface area (TPSA) is 86.2 Å². The monoisotopic (exact) mass is 418 g/mol. The van der Waals surface area contributed by atoms with Crippen LogP contribution in [-0.4, -0.2) is 9.97 Å². The van der Waals surface area contributed by atoms with Crippen molar-refractivity contribution in [2.45, 2.75) is 58.8 Å². The first-order chi connectivity index (χ1) is 15.0. The third kappa shape index (κ3) is 4.43. The summed E-state index contributed by atoms with van der Waals surface area (Å²) < 4.78 is 11.0. The van der Waals surface area contributed by atoms with Crippen molar-refractivity contribution in [1.29, 1.82) is 0 Å². The standard InChI is InChI=1S/C25H26N2O4/c1-4-6-16-8-10-20-18(13-16)24(28)30-22(26-20)12-15(3)23-27-21-11-9-17(7-5-2)14-19(21)25(29)31-23/h8-11,13-15H,4-7,12H2,1-3H3. The molecule has 0 spiro atoms. The molecule has 2 aromatic heterocycles. The highest BCUT2D eigenvalue weighted by Crippen LogP contribution is 2.21. The maximum absolute atomic E-state index is 12.5. The van der Waals surface area contributed by atoms with Gasteiger partial charge in [0.1, 0.15) is 0 Å². The number of benzene rings is 2. The molecule has 0 aliphatic carbocycles. The molecule has 2 aromatic carbocycles. The molecular weight excluding hydrogens is 392 g/mol. The molecule has 6 nitrogen and oxygen atoms in total. The lowest BCUT2D eigenvalue weighted by Crippen LogP contribution is -2.12. The first-order valence-electron chi connectivity index (χ1n) is 10.8. The molecular formula is C25H26N2O4. The van der Waals surface area contributed by atoms with Gasteiger partial charge >= 0.3 is 11.3 Å². The van der Waals surface area contributed by atoms with Crippen LogP contribution in [0.4, 0.5) is 0 Å². The Kier molecular flexibility index (Phi) is 5.98. The van der Waals surface area contributed by atoms with Gasteiger partial charge in [-0.15, -0.1) is 0 Å². The zero-order valence-electron chi connectivity index (χ0n) is 18.1. The van der Waals surface area contributed by atoms with Gasteiger partial charge < -0.3 is 8.83 Å². The molecule has 0 aliphatic rings. The van der Waals surface area contributed by atoms with Gasteiger partial charge in [-0.2, -0.15) is 0 Å². The van der Waals surface area contributed by atoms with Crippen LogP contribution in [0, 0.1) is 0 Å². The fourth-order valence-electron chi connectivity index (χ4n) is 3.83. The van der Waals surface area contributed by atoms with Crippen LogP contribution in [-0.2, 0) is 19.3 Å². The molecule has 4 rings (SSSR count). The first-order valence-corrected chi connectivity index (χ1v) is 10.8. The van der Waals surface area contributed by atoms with E-state index in [1.165, 1.54) is 0 Å². The van der Waals surface area contributed by atoms with Crippen molar-refractivity contribution in [1.82, 2.24) is 9.97 Å². The molecule has 4 aromatic rings. The smallest absolute Gasteiger partial charge is 0.346 e. The quantitative estimate of drug-likeness (QED) is 0.422. The van der Waals surface area contributed by atoms with E-state index in [-0.39, 0.29) is 5.92 Å². The zero-order chi connectivity index (χ0) is 22.0. The Bertz CT molecular complexity index is 1350. The maximum atomic E-state index is 12.5. The summed E-state index contributed by atoms with van der Waals surface area (Å²) in [5.74, 6) is 0.333. The Morgan fingerprint density at radius 3 is 1.94 bits per heavy atom. The highest BCUT2D eigenvalue weighted by molar-refractivity contribution is 5.78. The SMILES string of the molecule is CCCc1ccc2nc(CC(C)c3nc4ccc(CCC)cc4c(=O)o3)oc(=O)c2c1. The van der Waals surface area contributed by atoms with Gasteiger partial charge in [-0.05, 0) is 48.2 Å². The summed E-state index contributed by atoms with van der Waals surface area (Å²) in [6.45, 7) is 6.07. The van der Waals surface area contributed by atoms with Crippen LogP contribution in [0.2, 0.25) is 0 Å². The molecule has 0 bridgehead atoms. The Labute approximate surface area is 180 Å². The summed E-state index contributed by atoms with van der Waals surface area (Å²) >= 11 is 0. The van der Waals surface area contributed by atoms with Crippen molar-refractivity contribution in [3.63, 3.8) is 0 Å². The largest absolute Gasteiger partial charge is 0.408 e. The summed E-state index contributed by atoms with van der Waals surface area (Å²) in [6.07, 6.45) is 4.12. The van der Waals surface area contributed by atoms with E-state index >= 15 is 0 Å². The van der Waals surface area contributed by atoms with Crippen molar-refractivity contribution in [3.05, 3.63) is 80.1 Å². The van der Waals surface area contributed by atoms with Gasteiger partial charge in [0, 0.05) is 12.3 Å². The first kappa shape index (κ1) is 21.0. The normalized spacial score (nSPS) is 12.5. The minimum atomic E-state index is -0.402. The molecule has 0 N–H and O–H groups in total. The third-order valence-electron chi connectivity index (χ3n) is 5.43. The summed E-state index contributed by atoms with van der Waals surface area (Å²) in [7, 11) is 0. The Balaban J connectivity index is 1.63. The van der Waals surface area contributed by atoms with Crippen LogP contribution in [0.15, 0.2) is 54.8 Å². The number of rotatable bonds is 7. The lowest BCUT2D eigenvalue weighted by Gasteiger charge is -2.10. The van der Waals surface area contributed by atoms with E-state index in [0.717, 1.165) is 36.8 Å². The van der Waals surface area contributed by atoms with Gasteiger partial charge in [0.2, 0.25) is 5.89 Å². The molecule has 0 saturated heterocycles. The molecule has 0 fully saturated rings. The van der Waals surface area contributed by atoms with E-state index in [4.69, 9.17) is 8.83 Å². The molecule has 1 unspecified atom stereocenters. The van der Waals surface area contributed by atoms with Crippen molar-refractivity contribution >= 4 is 21.8 Å². The molecule has 0 radical (unpaired) electrons. The summed E-state index contributed by atoms with van der Waals surface area (Å²) in [5, 5.41) is 0.973. The summed E-state index contributed by atoms with van der Waals surface area (Å²) in [5.41, 5.74) is 2.59. The molecule has 31 heavy (non-hydrogen) atoms. The molecule has 0 amide bonds. The zero-order valence-corrected chi connectivity index (χ0v) is 18.1. The van der Waals surface area contributed by atoms with Gasteiger partial charge in [-0.3, -0.25) is 0 Å². The Hall–Kier alpha value is -3.28. The average Bonchev–Trinajstić information content (AvgIpc) is 2.75. The molecule has 160 valence electrons. The van der Waals surface area contributed by atoms with E-state index in [1.54, 1.807) is 0 Å². The van der Waals surface area contributed by atoms with Gasteiger partial charge in [-0.25, -0.2) is 19.6 Å². The average molecular weight is 418 g/mol. The van der Waals surface area contributed by atoms with Crippen LogP contribution < -0.4 is 11.3 Å². The number of aromatic nitrogens is 2. The lowest BCUT2D eigenvalue weighted by atomic mass is 10.1. The van der Waals surface area contributed by atoms with E-state index in [1.807, 2.05) is 43.3 Å². The van der Waals surface area contributed by atoms with Gasteiger partial charge in [-0.1, -0.05) is 45.7 Å². The second kappa shape index (κ2) is 8.84. The fourth-order valence-corrected chi connectivity index (χ4v) is 3.83.